The standard InChI is InChI=1S/C16H16I2O2S/c1-9-5-13(6-10(2)15(9)17)21(19,20)14-7-11(3)16(18)12(4)8-14/h5-8H,1-4H3. The van der Waals surface area contributed by atoms with Crippen LogP contribution in [0.2, 0.25) is 0 Å². The summed E-state index contributed by atoms with van der Waals surface area (Å²) in [6.07, 6.45) is 0. The molecule has 0 spiro atoms. The number of hydrogen-bond acceptors (Lipinski definition) is 2. The third-order valence-corrected chi connectivity index (χ3v) is 8.56. The van der Waals surface area contributed by atoms with E-state index in [9.17, 15) is 8.42 Å². The number of halogens is 2. The molecule has 0 fully saturated rings. The van der Waals surface area contributed by atoms with Gasteiger partial charge in [-0.05, 0) is 119 Å². The molecule has 112 valence electrons. The van der Waals surface area contributed by atoms with Crippen LogP contribution in [-0.2, 0) is 9.84 Å². The molecule has 0 aliphatic carbocycles. The lowest BCUT2D eigenvalue weighted by molar-refractivity contribution is 0.595. The fraction of sp³-hybridized carbons (Fsp3) is 0.250. The van der Waals surface area contributed by atoms with Gasteiger partial charge in [-0.1, -0.05) is 0 Å². The van der Waals surface area contributed by atoms with E-state index < -0.39 is 9.84 Å². The van der Waals surface area contributed by atoms with Crippen LogP contribution in [0.15, 0.2) is 34.1 Å². The Morgan fingerprint density at radius 3 is 1.14 bits per heavy atom. The summed E-state index contributed by atoms with van der Waals surface area (Å²) in [5.41, 5.74) is 3.97. The highest BCUT2D eigenvalue weighted by atomic mass is 127. The Labute approximate surface area is 153 Å². The van der Waals surface area contributed by atoms with Crippen LogP contribution in [0.4, 0.5) is 0 Å². The molecular weight excluding hydrogens is 510 g/mol. The van der Waals surface area contributed by atoms with E-state index in [0.29, 0.717) is 9.79 Å². The van der Waals surface area contributed by atoms with Gasteiger partial charge in [-0.25, -0.2) is 8.42 Å². The molecule has 0 aliphatic rings. The van der Waals surface area contributed by atoms with Crippen LogP contribution in [0.25, 0.3) is 0 Å². The maximum atomic E-state index is 12.9. The number of rotatable bonds is 2. The Morgan fingerprint density at radius 2 is 0.905 bits per heavy atom. The van der Waals surface area contributed by atoms with Gasteiger partial charge < -0.3 is 0 Å². The van der Waals surface area contributed by atoms with E-state index in [1.165, 1.54) is 0 Å². The van der Waals surface area contributed by atoms with Crippen molar-refractivity contribution >= 4 is 55.0 Å². The minimum absolute atomic E-state index is 0.373. The topological polar surface area (TPSA) is 34.1 Å². The van der Waals surface area contributed by atoms with Crippen LogP contribution >= 0.6 is 45.2 Å². The van der Waals surface area contributed by atoms with Crippen molar-refractivity contribution in [3.05, 3.63) is 53.7 Å². The SMILES string of the molecule is Cc1cc(S(=O)(=O)c2cc(C)c(I)c(C)c2)cc(C)c1I. The van der Waals surface area contributed by atoms with Crippen molar-refractivity contribution in [2.75, 3.05) is 0 Å². The zero-order valence-corrected chi connectivity index (χ0v) is 17.4. The van der Waals surface area contributed by atoms with E-state index >= 15 is 0 Å². The molecule has 0 atom stereocenters. The van der Waals surface area contributed by atoms with Crippen LogP contribution in [-0.4, -0.2) is 8.42 Å². The summed E-state index contributed by atoms with van der Waals surface area (Å²) in [5.74, 6) is 0. The van der Waals surface area contributed by atoms with Crippen molar-refractivity contribution < 1.29 is 8.42 Å². The van der Waals surface area contributed by atoms with Gasteiger partial charge in [0.05, 0.1) is 9.79 Å². The Kier molecular flexibility index (Phi) is 5.04. The molecule has 2 rings (SSSR count). The molecule has 0 saturated heterocycles. The zero-order valence-electron chi connectivity index (χ0n) is 12.3. The minimum atomic E-state index is -3.47. The van der Waals surface area contributed by atoms with E-state index in [4.69, 9.17) is 0 Å². The lowest BCUT2D eigenvalue weighted by atomic mass is 10.2. The summed E-state index contributed by atoms with van der Waals surface area (Å²) in [5, 5.41) is 0. The second-order valence-electron chi connectivity index (χ2n) is 5.25. The van der Waals surface area contributed by atoms with E-state index in [0.717, 1.165) is 29.4 Å². The Bertz CT molecular complexity index is 715. The van der Waals surface area contributed by atoms with Gasteiger partial charge in [0.15, 0.2) is 0 Å². The summed E-state index contributed by atoms with van der Waals surface area (Å²) < 4.78 is 27.9. The van der Waals surface area contributed by atoms with Crippen molar-refractivity contribution in [3.8, 4) is 0 Å². The van der Waals surface area contributed by atoms with Crippen LogP contribution in [0.5, 0.6) is 0 Å². The summed E-state index contributed by atoms with van der Waals surface area (Å²) >= 11 is 4.50. The maximum absolute atomic E-state index is 12.9. The number of benzene rings is 2. The maximum Gasteiger partial charge on any atom is 0.206 e. The first-order valence-electron chi connectivity index (χ1n) is 6.43. The molecule has 0 aliphatic heterocycles. The summed E-state index contributed by atoms with van der Waals surface area (Å²) in [6, 6.07) is 7.03. The molecule has 0 N–H and O–H groups in total. The van der Waals surface area contributed by atoms with E-state index in [1.807, 2.05) is 27.7 Å². The highest BCUT2D eigenvalue weighted by Gasteiger charge is 2.20. The normalized spacial score (nSPS) is 11.7. The lowest BCUT2D eigenvalue weighted by Crippen LogP contribution is -2.05. The number of sulfone groups is 1. The van der Waals surface area contributed by atoms with Crippen LogP contribution < -0.4 is 0 Å². The van der Waals surface area contributed by atoms with Gasteiger partial charge in [-0.3, -0.25) is 0 Å². The van der Waals surface area contributed by atoms with Crippen molar-refractivity contribution in [1.82, 2.24) is 0 Å². The van der Waals surface area contributed by atoms with Crippen molar-refractivity contribution in [1.29, 1.82) is 0 Å². The molecule has 0 unspecified atom stereocenters. The van der Waals surface area contributed by atoms with Crippen molar-refractivity contribution in [2.24, 2.45) is 0 Å². The van der Waals surface area contributed by atoms with E-state index in [1.54, 1.807) is 24.3 Å². The van der Waals surface area contributed by atoms with Crippen LogP contribution in [0.3, 0.4) is 0 Å². The molecule has 0 heterocycles. The van der Waals surface area contributed by atoms with Gasteiger partial charge in [-0.15, -0.1) is 0 Å². The van der Waals surface area contributed by atoms with Crippen LogP contribution in [0.1, 0.15) is 22.3 Å². The second-order valence-corrected chi connectivity index (χ2v) is 9.35. The third-order valence-electron chi connectivity index (χ3n) is 3.44. The molecule has 2 nitrogen and oxygen atoms in total. The minimum Gasteiger partial charge on any atom is -0.219 e. The lowest BCUT2D eigenvalue weighted by Gasteiger charge is -2.12. The average Bonchev–Trinajstić information content (AvgIpc) is 2.40. The number of aryl methyl sites for hydroxylation is 4. The summed E-state index contributed by atoms with van der Waals surface area (Å²) in [4.78, 5) is 0.746. The second kappa shape index (κ2) is 6.16. The molecule has 2 aromatic rings. The highest BCUT2D eigenvalue weighted by Crippen LogP contribution is 2.29. The van der Waals surface area contributed by atoms with Crippen molar-refractivity contribution in [2.45, 2.75) is 37.5 Å². The summed E-state index contributed by atoms with van der Waals surface area (Å²) in [6.45, 7) is 7.77. The molecule has 0 amide bonds. The molecule has 0 aromatic heterocycles. The van der Waals surface area contributed by atoms with Crippen LogP contribution in [0, 0.1) is 34.8 Å². The van der Waals surface area contributed by atoms with Gasteiger partial charge in [0.1, 0.15) is 0 Å². The first kappa shape index (κ1) is 17.2. The molecule has 0 bridgehead atoms. The van der Waals surface area contributed by atoms with E-state index in [-0.39, 0.29) is 0 Å². The van der Waals surface area contributed by atoms with Gasteiger partial charge in [0, 0.05) is 7.14 Å². The zero-order chi connectivity index (χ0) is 15.9. The first-order chi connectivity index (χ1) is 9.64. The molecule has 0 radical (unpaired) electrons. The predicted molar refractivity (Wildman–Crippen MR) is 103 cm³/mol. The van der Waals surface area contributed by atoms with E-state index in [2.05, 4.69) is 45.2 Å². The van der Waals surface area contributed by atoms with Gasteiger partial charge in [0.25, 0.3) is 0 Å². The highest BCUT2D eigenvalue weighted by molar-refractivity contribution is 14.1. The monoisotopic (exact) mass is 526 g/mol. The van der Waals surface area contributed by atoms with Gasteiger partial charge in [-0.2, -0.15) is 0 Å². The van der Waals surface area contributed by atoms with Crippen molar-refractivity contribution in [3.63, 3.8) is 0 Å². The largest absolute Gasteiger partial charge is 0.219 e. The Balaban J connectivity index is 2.68. The smallest absolute Gasteiger partial charge is 0.206 e. The molecular formula is C16H16I2O2S. The first-order valence-corrected chi connectivity index (χ1v) is 10.1. The summed E-state index contributed by atoms with van der Waals surface area (Å²) in [7, 11) is -3.47. The molecule has 0 saturated carbocycles. The molecule has 5 heteroatoms. The predicted octanol–water partition coefficient (Wildman–Crippen LogP) is 4.96. The number of hydrogen-bond donors (Lipinski definition) is 0. The fourth-order valence-corrected chi connectivity index (χ4v) is 4.48. The van der Waals surface area contributed by atoms with Gasteiger partial charge >= 0.3 is 0 Å². The Hall–Kier alpha value is -0.150. The quantitative estimate of drug-likeness (QED) is 0.519. The fourth-order valence-electron chi connectivity index (χ4n) is 2.26. The average molecular weight is 526 g/mol. The Morgan fingerprint density at radius 1 is 0.667 bits per heavy atom. The third kappa shape index (κ3) is 3.29. The van der Waals surface area contributed by atoms with Gasteiger partial charge in [0.2, 0.25) is 9.84 Å². The molecule has 2 aromatic carbocycles. The molecule has 21 heavy (non-hydrogen) atoms.